The number of aliphatic hydroxyl groups is 1. The van der Waals surface area contributed by atoms with Crippen LogP contribution >= 0.6 is 11.6 Å². The predicted octanol–water partition coefficient (Wildman–Crippen LogP) is 4.75. The molecular weight excluding hydrogens is 464 g/mol. The van der Waals surface area contributed by atoms with Gasteiger partial charge in [-0.3, -0.25) is 9.69 Å². The fraction of sp³-hybridized carbons (Fsp3) is 0.536. The molecule has 0 spiro atoms. The van der Waals surface area contributed by atoms with Gasteiger partial charge in [0.25, 0.3) is 0 Å². The van der Waals surface area contributed by atoms with E-state index in [0.717, 1.165) is 85.1 Å². The minimum atomic E-state index is -0.888. The van der Waals surface area contributed by atoms with Crippen molar-refractivity contribution < 1.29 is 19.4 Å². The number of benzene rings is 2. The second kappa shape index (κ2) is 11.6. The highest BCUT2D eigenvalue weighted by Crippen LogP contribution is 2.28. The van der Waals surface area contributed by atoms with Gasteiger partial charge in [0.15, 0.2) is 0 Å². The molecule has 0 bridgehead atoms. The first-order chi connectivity index (χ1) is 16.8. The van der Waals surface area contributed by atoms with Gasteiger partial charge in [0.05, 0.1) is 6.61 Å². The molecule has 7 heteroatoms. The Kier molecular flexibility index (Phi) is 8.58. The molecule has 2 saturated heterocycles. The van der Waals surface area contributed by atoms with E-state index in [0.29, 0.717) is 19.6 Å². The summed E-state index contributed by atoms with van der Waals surface area (Å²) in [5.41, 5.74) is 2.23. The normalized spacial score (nSPS) is 20.9. The second-order valence-electron chi connectivity index (χ2n) is 10.0. The van der Waals surface area contributed by atoms with E-state index in [1.165, 1.54) is 0 Å². The number of piperidine rings is 1. The maximum atomic E-state index is 11.7. The van der Waals surface area contributed by atoms with Gasteiger partial charge in [0.2, 0.25) is 5.91 Å². The summed E-state index contributed by atoms with van der Waals surface area (Å²) < 4.78 is 12.0. The summed E-state index contributed by atoms with van der Waals surface area (Å²) in [6, 6.07) is 12.0. The molecule has 35 heavy (non-hydrogen) atoms. The van der Waals surface area contributed by atoms with Crippen LogP contribution in [0.25, 0.3) is 0 Å². The van der Waals surface area contributed by atoms with Crippen molar-refractivity contribution in [3.8, 4) is 11.5 Å². The van der Waals surface area contributed by atoms with Crippen molar-refractivity contribution in [2.75, 3.05) is 39.4 Å². The third-order valence-corrected chi connectivity index (χ3v) is 7.47. The number of nitrogens with zero attached hydrogens (tertiary/aromatic N) is 2. The van der Waals surface area contributed by atoms with Crippen molar-refractivity contribution in [2.24, 2.45) is 0 Å². The van der Waals surface area contributed by atoms with E-state index in [1.54, 1.807) is 0 Å². The quantitative estimate of drug-likeness (QED) is 0.477. The lowest BCUT2D eigenvalue weighted by Crippen LogP contribution is -2.51. The van der Waals surface area contributed by atoms with Crippen LogP contribution in [0.2, 0.25) is 5.02 Å². The number of β-amino-alcohol motifs (C(OH)–C–C–N with tert-alkyl or cyclic N) is 1. The minimum absolute atomic E-state index is 0.257. The second-order valence-corrected chi connectivity index (χ2v) is 10.4. The van der Waals surface area contributed by atoms with Crippen LogP contribution in [0.5, 0.6) is 11.5 Å². The number of amides is 1. The molecule has 0 aromatic heterocycles. The molecule has 2 aromatic rings. The number of carbonyl (C=O) groups excluding carboxylic acids is 1. The van der Waals surface area contributed by atoms with Crippen LogP contribution in [0.1, 0.15) is 48.8 Å². The predicted molar refractivity (Wildman–Crippen MR) is 138 cm³/mol. The number of halogens is 1. The lowest BCUT2D eigenvalue weighted by atomic mass is 9.93. The number of ether oxygens (including phenoxy) is 2. The van der Waals surface area contributed by atoms with Crippen molar-refractivity contribution in [3.05, 3.63) is 58.1 Å². The molecule has 1 N–H and O–H groups in total. The van der Waals surface area contributed by atoms with Crippen molar-refractivity contribution in [1.82, 2.24) is 9.80 Å². The molecule has 2 aromatic carbocycles. The lowest BCUT2D eigenvalue weighted by Gasteiger charge is -2.39. The molecule has 6 nitrogen and oxygen atoms in total. The highest BCUT2D eigenvalue weighted by molar-refractivity contribution is 6.32. The van der Waals surface area contributed by atoms with Crippen LogP contribution in [0.4, 0.5) is 0 Å². The topological polar surface area (TPSA) is 62.2 Å². The molecule has 190 valence electrons. The largest absolute Gasteiger partial charge is 0.494 e. The van der Waals surface area contributed by atoms with Crippen molar-refractivity contribution >= 4 is 17.5 Å². The van der Waals surface area contributed by atoms with E-state index in [2.05, 4.69) is 17.0 Å². The van der Waals surface area contributed by atoms with E-state index >= 15 is 0 Å². The fourth-order valence-electron chi connectivity index (χ4n) is 5.04. The average Bonchev–Trinajstić information content (AvgIpc) is 3.24. The van der Waals surface area contributed by atoms with Gasteiger partial charge in [-0.1, -0.05) is 23.7 Å². The summed E-state index contributed by atoms with van der Waals surface area (Å²) in [4.78, 5) is 15.9. The number of aryl methyl sites for hydroxylation is 2. The molecule has 2 heterocycles. The first kappa shape index (κ1) is 25.8. The molecule has 0 unspecified atom stereocenters. The smallest absolute Gasteiger partial charge is 0.222 e. The van der Waals surface area contributed by atoms with Gasteiger partial charge in [-0.25, -0.2) is 0 Å². The standard InChI is InChI=1S/C28H37ClN2O4/c1-21-15-25(16-22(2)27(21)29)35-20-28(33)10-5-11-30(19-28)18-23-7-3-8-24(17-23)34-14-6-13-31-12-4-9-26(31)32/h3,7-8,15-17,33H,4-6,9-14,18-20H2,1-2H3/t28-/m1/s1. The number of carbonyl (C=O) groups is 1. The Morgan fingerprint density at radius 3 is 2.60 bits per heavy atom. The Bertz CT molecular complexity index is 1010. The molecule has 2 aliphatic heterocycles. The molecule has 1 amide bonds. The van der Waals surface area contributed by atoms with E-state index in [4.69, 9.17) is 21.1 Å². The van der Waals surface area contributed by atoms with Gasteiger partial charge in [-0.15, -0.1) is 0 Å². The Labute approximate surface area is 213 Å². The van der Waals surface area contributed by atoms with E-state index in [9.17, 15) is 9.90 Å². The highest BCUT2D eigenvalue weighted by Gasteiger charge is 2.34. The first-order valence-corrected chi connectivity index (χ1v) is 13.0. The molecule has 0 aliphatic carbocycles. The third kappa shape index (κ3) is 7.12. The maximum absolute atomic E-state index is 11.7. The summed E-state index contributed by atoms with van der Waals surface area (Å²) in [7, 11) is 0. The highest BCUT2D eigenvalue weighted by atomic mass is 35.5. The van der Waals surface area contributed by atoms with E-state index < -0.39 is 5.60 Å². The van der Waals surface area contributed by atoms with Crippen molar-refractivity contribution in [1.29, 1.82) is 0 Å². The number of likely N-dealkylation sites (tertiary alicyclic amines) is 2. The van der Waals surface area contributed by atoms with Crippen molar-refractivity contribution in [3.63, 3.8) is 0 Å². The zero-order valence-corrected chi connectivity index (χ0v) is 21.6. The van der Waals surface area contributed by atoms with Crippen LogP contribution in [-0.4, -0.2) is 65.8 Å². The first-order valence-electron chi connectivity index (χ1n) is 12.7. The molecular formula is C28H37ClN2O4. The minimum Gasteiger partial charge on any atom is -0.494 e. The average molecular weight is 501 g/mol. The van der Waals surface area contributed by atoms with Crippen LogP contribution in [-0.2, 0) is 11.3 Å². The molecule has 1 atom stereocenters. The molecule has 0 saturated carbocycles. The van der Waals surface area contributed by atoms with Crippen LogP contribution in [0.3, 0.4) is 0 Å². The van der Waals surface area contributed by atoms with Gasteiger partial charge >= 0.3 is 0 Å². The van der Waals surface area contributed by atoms with E-state index in [1.807, 2.05) is 43.0 Å². The SMILES string of the molecule is Cc1cc(OC[C@@]2(O)CCCN(Cc3cccc(OCCCN4CCCC4=O)c3)C2)cc(C)c1Cl. The Balaban J connectivity index is 1.26. The molecule has 0 radical (unpaired) electrons. The Morgan fingerprint density at radius 2 is 1.86 bits per heavy atom. The van der Waals surface area contributed by atoms with Gasteiger partial charge < -0.3 is 19.5 Å². The van der Waals surface area contributed by atoms with E-state index in [-0.39, 0.29) is 12.5 Å². The monoisotopic (exact) mass is 500 g/mol. The Morgan fingerprint density at radius 1 is 1.06 bits per heavy atom. The fourth-order valence-corrected chi connectivity index (χ4v) is 5.15. The van der Waals surface area contributed by atoms with Gasteiger partial charge in [0, 0.05) is 37.6 Å². The van der Waals surface area contributed by atoms with Gasteiger partial charge in [0.1, 0.15) is 23.7 Å². The Hall–Kier alpha value is -2.28. The van der Waals surface area contributed by atoms with Gasteiger partial charge in [-0.2, -0.15) is 0 Å². The van der Waals surface area contributed by atoms with Crippen LogP contribution in [0, 0.1) is 13.8 Å². The number of hydrogen-bond donors (Lipinski definition) is 1. The van der Waals surface area contributed by atoms with Crippen molar-refractivity contribution in [2.45, 2.75) is 58.1 Å². The summed E-state index contributed by atoms with van der Waals surface area (Å²) in [6.07, 6.45) is 4.13. The van der Waals surface area contributed by atoms with Gasteiger partial charge in [-0.05, 0) is 87.0 Å². The summed E-state index contributed by atoms with van der Waals surface area (Å²) in [6.45, 7) is 8.68. The summed E-state index contributed by atoms with van der Waals surface area (Å²) >= 11 is 6.27. The lowest BCUT2D eigenvalue weighted by molar-refractivity contribution is -0.127. The van der Waals surface area contributed by atoms with Crippen LogP contribution in [0.15, 0.2) is 36.4 Å². The number of rotatable bonds is 10. The maximum Gasteiger partial charge on any atom is 0.222 e. The zero-order valence-electron chi connectivity index (χ0n) is 20.9. The molecule has 2 fully saturated rings. The summed E-state index contributed by atoms with van der Waals surface area (Å²) in [5.74, 6) is 1.85. The number of hydrogen-bond acceptors (Lipinski definition) is 5. The molecule has 4 rings (SSSR count). The zero-order chi connectivity index (χ0) is 24.8. The third-order valence-electron chi connectivity index (χ3n) is 6.87. The van der Waals surface area contributed by atoms with Crippen LogP contribution < -0.4 is 9.47 Å². The molecule has 2 aliphatic rings. The summed E-state index contributed by atoms with van der Waals surface area (Å²) in [5, 5.41) is 12.0.